The van der Waals surface area contributed by atoms with Crippen LogP contribution in [0.5, 0.6) is 0 Å². The molecule has 0 fully saturated rings. The molecule has 0 radical (unpaired) electrons. The summed E-state index contributed by atoms with van der Waals surface area (Å²) in [5, 5.41) is 3.73. The minimum absolute atomic E-state index is 0.0464. The van der Waals surface area contributed by atoms with E-state index in [1.807, 2.05) is 13.8 Å². The van der Waals surface area contributed by atoms with E-state index in [0.717, 1.165) is 0 Å². The second-order valence-electron chi connectivity index (χ2n) is 6.90. The molecule has 150 valence electrons. The molecule has 7 heteroatoms. The van der Waals surface area contributed by atoms with E-state index in [1.165, 1.54) is 17.0 Å². The topological polar surface area (TPSA) is 49.4 Å². The molecule has 2 amide bonds. The zero-order valence-electron chi connectivity index (χ0n) is 16.0. The molecule has 2 aromatic rings. The Morgan fingerprint density at radius 1 is 1.07 bits per heavy atom. The number of rotatable bonds is 7. The predicted molar refractivity (Wildman–Crippen MR) is 110 cm³/mol. The summed E-state index contributed by atoms with van der Waals surface area (Å²) >= 11 is 12.2. The maximum atomic E-state index is 13.1. The molecule has 0 bridgehead atoms. The van der Waals surface area contributed by atoms with Crippen molar-refractivity contribution in [1.82, 2.24) is 10.2 Å². The van der Waals surface area contributed by atoms with Gasteiger partial charge in [-0.1, -0.05) is 41.4 Å². The van der Waals surface area contributed by atoms with Gasteiger partial charge in [0.05, 0.1) is 6.42 Å². The number of carbonyl (C=O) groups excluding carboxylic acids is 2. The number of amides is 2. The first-order valence-electron chi connectivity index (χ1n) is 8.95. The number of nitrogens with one attached hydrogen (secondary N) is 1. The molecule has 0 saturated heterocycles. The van der Waals surface area contributed by atoms with Crippen molar-refractivity contribution in [3.05, 3.63) is 69.5 Å². The molecule has 0 unspecified atom stereocenters. The zero-order chi connectivity index (χ0) is 20.8. The molecule has 2 aromatic carbocycles. The van der Waals surface area contributed by atoms with Crippen LogP contribution in [0.1, 0.15) is 31.9 Å². The molecule has 1 atom stereocenters. The van der Waals surface area contributed by atoms with Crippen LogP contribution in [-0.4, -0.2) is 28.8 Å². The van der Waals surface area contributed by atoms with E-state index < -0.39 is 6.04 Å². The van der Waals surface area contributed by atoms with Crippen molar-refractivity contribution in [1.29, 1.82) is 0 Å². The molecule has 0 aliphatic rings. The first-order valence-corrected chi connectivity index (χ1v) is 9.71. The fourth-order valence-corrected chi connectivity index (χ4v) is 3.17. The van der Waals surface area contributed by atoms with Crippen LogP contribution in [-0.2, 0) is 22.6 Å². The van der Waals surface area contributed by atoms with Gasteiger partial charge in [-0.3, -0.25) is 9.59 Å². The normalized spacial score (nSPS) is 12.0. The summed E-state index contributed by atoms with van der Waals surface area (Å²) in [4.78, 5) is 27.0. The van der Waals surface area contributed by atoms with Crippen LogP contribution in [0.25, 0.3) is 0 Å². The lowest BCUT2D eigenvalue weighted by molar-refractivity contribution is -0.140. The molecule has 0 saturated carbocycles. The second-order valence-corrected chi connectivity index (χ2v) is 7.74. The highest BCUT2D eigenvalue weighted by molar-refractivity contribution is 6.35. The van der Waals surface area contributed by atoms with Gasteiger partial charge < -0.3 is 10.2 Å². The number of hydrogen-bond acceptors (Lipinski definition) is 2. The summed E-state index contributed by atoms with van der Waals surface area (Å²) < 4.78 is 13.1. The molecule has 2 rings (SSSR count). The van der Waals surface area contributed by atoms with Gasteiger partial charge in [0, 0.05) is 22.6 Å². The Morgan fingerprint density at radius 3 is 2.29 bits per heavy atom. The van der Waals surface area contributed by atoms with E-state index in [0.29, 0.717) is 21.2 Å². The van der Waals surface area contributed by atoms with E-state index in [4.69, 9.17) is 23.2 Å². The van der Waals surface area contributed by atoms with Gasteiger partial charge in [0.2, 0.25) is 11.8 Å². The van der Waals surface area contributed by atoms with Crippen molar-refractivity contribution < 1.29 is 14.0 Å². The lowest BCUT2D eigenvalue weighted by Crippen LogP contribution is -2.49. The molecule has 0 aromatic heterocycles. The summed E-state index contributed by atoms with van der Waals surface area (Å²) in [5.74, 6) is -0.887. The minimum atomic E-state index is -0.706. The third-order valence-electron chi connectivity index (χ3n) is 4.22. The zero-order valence-corrected chi connectivity index (χ0v) is 17.5. The Kier molecular flexibility index (Phi) is 7.84. The van der Waals surface area contributed by atoms with Crippen LogP contribution >= 0.6 is 23.2 Å². The number of nitrogens with zero attached hydrogens (tertiary/aromatic N) is 1. The van der Waals surface area contributed by atoms with Crippen molar-refractivity contribution in [2.75, 3.05) is 0 Å². The van der Waals surface area contributed by atoms with E-state index in [9.17, 15) is 14.0 Å². The van der Waals surface area contributed by atoms with E-state index in [-0.39, 0.29) is 36.6 Å². The van der Waals surface area contributed by atoms with Crippen LogP contribution in [0.2, 0.25) is 10.0 Å². The summed E-state index contributed by atoms with van der Waals surface area (Å²) in [6.07, 6.45) is 0.0464. The molecule has 4 nitrogen and oxygen atoms in total. The first-order chi connectivity index (χ1) is 13.2. The van der Waals surface area contributed by atoms with Gasteiger partial charge in [-0.05, 0) is 56.2 Å². The Bertz CT molecular complexity index is 841. The van der Waals surface area contributed by atoms with Gasteiger partial charge in [0.1, 0.15) is 11.9 Å². The molecule has 28 heavy (non-hydrogen) atoms. The monoisotopic (exact) mass is 424 g/mol. The Morgan fingerprint density at radius 2 is 1.71 bits per heavy atom. The summed E-state index contributed by atoms with van der Waals surface area (Å²) in [6, 6.07) is 9.97. The lowest BCUT2D eigenvalue weighted by Gasteiger charge is -2.30. The molecular formula is C21H23Cl2FN2O2. The number of benzene rings is 2. The Balaban J connectivity index is 2.27. The summed E-state index contributed by atoms with van der Waals surface area (Å²) in [6.45, 7) is 5.53. The largest absolute Gasteiger partial charge is 0.352 e. The van der Waals surface area contributed by atoms with E-state index >= 15 is 0 Å². The van der Waals surface area contributed by atoms with Crippen LogP contribution in [0.3, 0.4) is 0 Å². The van der Waals surface area contributed by atoms with Crippen LogP contribution in [0.4, 0.5) is 4.39 Å². The first kappa shape index (κ1) is 22.2. The van der Waals surface area contributed by atoms with E-state index in [1.54, 1.807) is 37.3 Å². The third-order valence-corrected chi connectivity index (χ3v) is 4.81. The van der Waals surface area contributed by atoms with Crippen LogP contribution in [0.15, 0.2) is 42.5 Å². The van der Waals surface area contributed by atoms with Gasteiger partial charge >= 0.3 is 0 Å². The predicted octanol–water partition coefficient (Wildman–Crippen LogP) is 4.62. The Labute approximate surface area is 174 Å². The molecule has 0 heterocycles. The highest BCUT2D eigenvalue weighted by Crippen LogP contribution is 2.23. The quantitative estimate of drug-likeness (QED) is 0.704. The summed E-state index contributed by atoms with van der Waals surface area (Å²) in [7, 11) is 0. The number of carbonyl (C=O) groups is 2. The smallest absolute Gasteiger partial charge is 0.242 e. The van der Waals surface area contributed by atoms with Crippen LogP contribution < -0.4 is 5.32 Å². The number of halogens is 3. The van der Waals surface area contributed by atoms with Crippen LogP contribution in [0, 0.1) is 5.82 Å². The van der Waals surface area contributed by atoms with Gasteiger partial charge in [0.15, 0.2) is 0 Å². The third kappa shape index (κ3) is 6.21. The van der Waals surface area contributed by atoms with Gasteiger partial charge in [0.25, 0.3) is 0 Å². The molecule has 0 aliphatic heterocycles. The van der Waals surface area contributed by atoms with Crippen molar-refractivity contribution in [2.45, 2.75) is 45.8 Å². The maximum Gasteiger partial charge on any atom is 0.242 e. The number of hydrogen-bond donors (Lipinski definition) is 1. The molecule has 0 aliphatic carbocycles. The maximum absolute atomic E-state index is 13.1. The van der Waals surface area contributed by atoms with Crippen molar-refractivity contribution in [3.63, 3.8) is 0 Å². The van der Waals surface area contributed by atoms with Crippen molar-refractivity contribution in [3.8, 4) is 0 Å². The Hall–Kier alpha value is -2.11. The average molecular weight is 425 g/mol. The highest BCUT2D eigenvalue weighted by atomic mass is 35.5. The average Bonchev–Trinajstić information content (AvgIpc) is 2.61. The highest BCUT2D eigenvalue weighted by Gasteiger charge is 2.27. The second kappa shape index (κ2) is 9.89. The van der Waals surface area contributed by atoms with Crippen molar-refractivity contribution >= 4 is 35.0 Å². The molecule has 1 N–H and O–H groups in total. The summed E-state index contributed by atoms with van der Waals surface area (Å²) in [5.41, 5.74) is 1.35. The fraction of sp³-hybridized carbons (Fsp3) is 0.333. The van der Waals surface area contributed by atoms with Gasteiger partial charge in [-0.25, -0.2) is 4.39 Å². The SMILES string of the molecule is CC(C)NC(=O)[C@@H](C)N(Cc1ccc(Cl)cc1Cl)C(=O)Cc1ccc(F)cc1. The van der Waals surface area contributed by atoms with Crippen molar-refractivity contribution in [2.24, 2.45) is 0 Å². The molecule has 0 spiro atoms. The minimum Gasteiger partial charge on any atom is -0.352 e. The van der Waals surface area contributed by atoms with Gasteiger partial charge in [-0.15, -0.1) is 0 Å². The van der Waals surface area contributed by atoms with E-state index in [2.05, 4.69) is 5.32 Å². The molecular weight excluding hydrogens is 402 g/mol. The fourth-order valence-electron chi connectivity index (χ4n) is 2.70. The van der Waals surface area contributed by atoms with Gasteiger partial charge in [-0.2, -0.15) is 0 Å². The lowest BCUT2D eigenvalue weighted by atomic mass is 10.1. The standard InChI is InChI=1S/C21H23Cl2FN2O2/c1-13(2)25-21(28)14(3)26(12-16-6-7-17(22)11-19(16)23)20(27)10-15-4-8-18(24)9-5-15/h4-9,11,13-14H,10,12H2,1-3H3,(H,25,28)/t14-/m1/s1.